The van der Waals surface area contributed by atoms with Gasteiger partial charge in [-0.25, -0.2) is 4.98 Å². The van der Waals surface area contributed by atoms with Crippen LogP contribution in [0.3, 0.4) is 0 Å². The monoisotopic (exact) mass is 323 g/mol. The lowest BCUT2D eigenvalue weighted by Gasteiger charge is -2.14. The summed E-state index contributed by atoms with van der Waals surface area (Å²) in [6.07, 6.45) is 0. The highest BCUT2D eigenvalue weighted by Gasteiger charge is 2.17. The van der Waals surface area contributed by atoms with E-state index < -0.39 is 0 Å². The fourth-order valence-corrected chi connectivity index (χ4v) is 2.78. The number of halogens is 1. The molecule has 0 unspecified atom stereocenters. The van der Waals surface area contributed by atoms with Crippen LogP contribution in [-0.2, 0) is 0 Å². The first-order valence-electron chi connectivity index (χ1n) is 7.22. The van der Waals surface area contributed by atoms with Crippen molar-refractivity contribution in [1.29, 1.82) is 0 Å². The van der Waals surface area contributed by atoms with Crippen molar-refractivity contribution in [2.24, 2.45) is 0 Å². The highest BCUT2D eigenvalue weighted by atomic mass is 35.5. The van der Waals surface area contributed by atoms with Crippen LogP contribution in [-0.4, -0.2) is 33.7 Å². The zero-order valence-electron chi connectivity index (χ0n) is 12.7. The Balaban J connectivity index is 2.12. The molecule has 0 aliphatic heterocycles. The van der Waals surface area contributed by atoms with Crippen molar-refractivity contribution in [2.75, 3.05) is 19.0 Å². The first-order valence-corrected chi connectivity index (χ1v) is 7.60. The number of nitrogens with zero attached hydrogens (tertiary/aromatic N) is 5. The van der Waals surface area contributed by atoms with Gasteiger partial charge in [0.25, 0.3) is 0 Å². The van der Waals surface area contributed by atoms with Gasteiger partial charge in [-0.2, -0.15) is 0 Å². The van der Waals surface area contributed by atoms with Gasteiger partial charge in [-0.15, -0.1) is 10.2 Å². The van der Waals surface area contributed by atoms with Crippen LogP contribution in [0.1, 0.15) is 0 Å². The molecule has 4 rings (SSSR count). The van der Waals surface area contributed by atoms with Crippen LogP contribution in [0.2, 0.25) is 5.02 Å². The van der Waals surface area contributed by atoms with Crippen LogP contribution in [0.15, 0.2) is 48.5 Å². The largest absolute Gasteiger partial charge is 0.360 e. The van der Waals surface area contributed by atoms with Gasteiger partial charge in [-0.1, -0.05) is 23.7 Å². The van der Waals surface area contributed by atoms with Gasteiger partial charge in [-0.3, -0.25) is 4.40 Å². The second kappa shape index (κ2) is 5.21. The lowest BCUT2D eigenvalue weighted by atomic mass is 10.2. The van der Waals surface area contributed by atoms with Crippen molar-refractivity contribution < 1.29 is 0 Å². The Morgan fingerprint density at radius 1 is 0.957 bits per heavy atom. The van der Waals surface area contributed by atoms with Gasteiger partial charge < -0.3 is 4.90 Å². The normalized spacial score (nSPS) is 11.3. The fraction of sp³-hybridized carbons (Fsp3) is 0.118. The highest BCUT2D eigenvalue weighted by Crippen LogP contribution is 2.28. The maximum atomic E-state index is 5.99. The fourth-order valence-electron chi connectivity index (χ4n) is 2.66. The summed E-state index contributed by atoms with van der Waals surface area (Å²) in [4.78, 5) is 6.65. The summed E-state index contributed by atoms with van der Waals surface area (Å²) < 4.78 is 2.04. The Bertz CT molecular complexity index is 1000. The zero-order valence-corrected chi connectivity index (χ0v) is 13.5. The van der Waals surface area contributed by atoms with Gasteiger partial charge >= 0.3 is 0 Å². The van der Waals surface area contributed by atoms with E-state index in [0.29, 0.717) is 5.02 Å². The third-order valence-electron chi connectivity index (χ3n) is 3.74. The van der Waals surface area contributed by atoms with Gasteiger partial charge in [0.05, 0.1) is 11.0 Å². The molecule has 0 atom stereocenters. The second-order valence-electron chi connectivity index (χ2n) is 5.51. The molecule has 5 nitrogen and oxygen atoms in total. The summed E-state index contributed by atoms with van der Waals surface area (Å²) in [7, 11) is 3.90. The van der Waals surface area contributed by atoms with Crippen molar-refractivity contribution in [3.63, 3.8) is 0 Å². The molecule has 2 aromatic carbocycles. The van der Waals surface area contributed by atoms with E-state index in [-0.39, 0.29) is 0 Å². The van der Waals surface area contributed by atoms with Crippen LogP contribution in [0.4, 0.5) is 5.82 Å². The molecule has 4 aromatic rings. The Labute approximate surface area is 138 Å². The standard InChI is InChI=1S/C17H14ClN5/c1-22(2)16-17-21-20-15(11-7-9-12(18)10-8-11)23(17)14-6-4-3-5-13(14)19-16/h3-10H,1-2H3. The van der Waals surface area contributed by atoms with E-state index in [1.54, 1.807) is 0 Å². The summed E-state index contributed by atoms with van der Waals surface area (Å²) in [5.41, 5.74) is 3.57. The molecule has 0 N–H and O–H groups in total. The molecular formula is C17H14ClN5. The number of hydrogen-bond donors (Lipinski definition) is 0. The van der Waals surface area contributed by atoms with E-state index in [1.165, 1.54) is 0 Å². The topological polar surface area (TPSA) is 46.3 Å². The van der Waals surface area contributed by atoms with E-state index in [9.17, 15) is 0 Å². The number of rotatable bonds is 2. The molecule has 6 heteroatoms. The molecule has 0 aliphatic rings. The van der Waals surface area contributed by atoms with Gasteiger partial charge in [0, 0.05) is 24.7 Å². The Kier molecular flexibility index (Phi) is 3.16. The molecule has 2 heterocycles. The van der Waals surface area contributed by atoms with Crippen LogP contribution in [0.5, 0.6) is 0 Å². The molecule has 114 valence electrons. The maximum Gasteiger partial charge on any atom is 0.204 e. The van der Waals surface area contributed by atoms with Crippen molar-refractivity contribution in [1.82, 2.24) is 19.6 Å². The number of para-hydroxylation sites is 2. The van der Waals surface area contributed by atoms with Crippen molar-refractivity contribution in [3.8, 4) is 11.4 Å². The van der Waals surface area contributed by atoms with E-state index in [4.69, 9.17) is 16.6 Å². The SMILES string of the molecule is CN(C)c1nc2ccccc2n2c(-c3ccc(Cl)cc3)nnc12. The average Bonchev–Trinajstić information content (AvgIpc) is 3.00. The highest BCUT2D eigenvalue weighted by molar-refractivity contribution is 6.30. The predicted octanol–water partition coefficient (Wildman–Crippen LogP) is 3.66. The Morgan fingerprint density at radius 2 is 1.70 bits per heavy atom. The summed E-state index contributed by atoms with van der Waals surface area (Å²) >= 11 is 5.99. The van der Waals surface area contributed by atoms with Gasteiger partial charge in [0.2, 0.25) is 5.65 Å². The molecule has 23 heavy (non-hydrogen) atoms. The van der Waals surface area contributed by atoms with Crippen LogP contribution < -0.4 is 4.90 Å². The molecule has 0 fully saturated rings. The van der Waals surface area contributed by atoms with Crippen LogP contribution >= 0.6 is 11.6 Å². The van der Waals surface area contributed by atoms with Crippen molar-refractivity contribution in [2.45, 2.75) is 0 Å². The number of anilines is 1. The van der Waals surface area contributed by atoms with Gasteiger partial charge in [0.1, 0.15) is 0 Å². The average molecular weight is 324 g/mol. The molecule has 0 amide bonds. The molecule has 0 spiro atoms. The Hall–Kier alpha value is -2.66. The van der Waals surface area contributed by atoms with Gasteiger partial charge in [0.15, 0.2) is 11.6 Å². The number of aromatic nitrogens is 4. The van der Waals surface area contributed by atoms with Crippen molar-refractivity contribution >= 4 is 34.1 Å². The summed E-state index contributed by atoms with van der Waals surface area (Å²) in [6, 6.07) is 15.6. The first-order chi connectivity index (χ1) is 11.1. The van der Waals surface area contributed by atoms with Crippen LogP contribution in [0, 0.1) is 0 Å². The van der Waals surface area contributed by atoms with Crippen molar-refractivity contribution in [3.05, 3.63) is 53.6 Å². The van der Waals surface area contributed by atoms with Crippen LogP contribution in [0.25, 0.3) is 28.1 Å². The minimum absolute atomic E-state index is 0.697. The smallest absolute Gasteiger partial charge is 0.204 e. The lowest BCUT2D eigenvalue weighted by Crippen LogP contribution is -2.13. The predicted molar refractivity (Wildman–Crippen MR) is 93.1 cm³/mol. The quantitative estimate of drug-likeness (QED) is 0.565. The molecular weight excluding hydrogens is 310 g/mol. The van der Waals surface area contributed by atoms with E-state index >= 15 is 0 Å². The van der Waals surface area contributed by atoms with E-state index in [1.807, 2.05) is 71.9 Å². The summed E-state index contributed by atoms with van der Waals surface area (Å²) in [5.74, 6) is 1.56. The molecule has 2 aromatic heterocycles. The maximum absolute atomic E-state index is 5.99. The minimum atomic E-state index is 0.697. The molecule has 0 saturated carbocycles. The second-order valence-corrected chi connectivity index (χ2v) is 5.94. The zero-order chi connectivity index (χ0) is 16.0. The molecule has 0 aliphatic carbocycles. The molecule has 0 radical (unpaired) electrons. The number of hydrogen-bond acceptors (Lipinski definition) is 4. The molecule has 0 bridgehead atoms. The number of fused-ring (bicyclic) bond motifs is 3. The number of benzene rings is 2. The van der Waals surface area contributed by atoms with E-state index in [0.717, 1.165) is 33.9 Å². The minimum Gasteiger partial charge on any atom is -0.360 e. The van der Waals surface area contributed by atoms with E-state index in [2.05, 4.69) is 10.2 Å². The third kappa shape index (κ3) is 2.21. The van der Waals surface area contributed by atoms with Gasteiger partial charge in [-0.05, 0) is 36.4 Å². The lowest BCUT2D eigenvalue weighted by molar-refractivity contribution is 1.06. The Morgan fingerprint density at radius 3 is 2.43 bits per heavy atom. The molecule has 0 saturated heterocycles. The third-order valence-corrected chi connectivity index (χ3v) is 3.99. The summed E-state index contributed by atoms with van der Waals surface area (Å²) in [6.45, 7) is 0. The first kappa shape index (κ1) is 14.0. The summed E-state index contributed by atoms with van der Waals surface area (Å²) in [5, 5.41) is 9.45.